The predicted molar refractivity (Wildman–Crippen MR) is 74.0 cm³/mol. The molecule has 0 spiro atoms. The molecule has 0 aliphatic carbocycles. The van der Waals surface area contributed by atoms with E-state index in [1.807, 2.05) is 17.6 Å². The highest BCUT2D eigenvalue weighted by molar-refractivity contribution is 5.15. The van der Waals surface area contributed by atoms with Crippen molar-refractivity contribution >= 4 is 0 Å². The van der Waals surface area contributed by atoms with Crippen molar-refractivity contribution in [2.45, 2.75) is 31.9 Å². The molecule has 0 amide bonds. The maximum absolute atomic E-state index is 12.0. The number of rotatable bonds is 2. The lowest BCUT2D eigenvalue weighted by Crippen LogP contribution is -2.59. The van der Waals surface area contributed by atoms with Gasteiger partial charge >= 0.3 is 0 Å². The monoisotopic (exact) mass is 263 g/mol. The summed E-state index contributed by atoms with van der Waals surface area (Å²) in [5.74, 6) is 1.03. The van der Waals surface area contributed by atoms with E-state index < -0.39 is 0 Å². The molecule has 4 atom stereocenters. The number of fused-ring (bicyclic) bond motifs is 4. The Morgan fingerprint density at radius 3 is 3.00 bits per heavy atom. The number of pyridine rings is 1. The van der Waals surface area contributed by atoms with Gasteiger partial charge in [0.25, 0.3) is 5.56 Å². The van der Waals surface area contributed by atoms with Crippen LogP contribution in [0.5, 0.6) is 0 Å². The Bertz CT molecular complexity index is 537. The molecule has 1 aromatic heterocycles. The van der Waals surface area contributed by atoms with Crippen LogP contribution < -0.4 is 5.56 Å². The Hall–Kier alpha value is -1.13. The molecule has 2 aliphatic rings. The minimum atomic E-state index is -0.262. The fraction of sp³-hybridized carbons (Fsp3) is 0.667. The van der Waals surface area contributed by atoms with Gasteiger partial charge in [-0.25, -0.2) is 0 Å². The van der Waals surface area contributed by atoms with Crippen LogP contribution >= 0.6 is 0 Å². The van der Waals surface area contributed by atoms with Gasteiger partial charge < -0.3 is 14.2 Å². The van der Waals surface area contributed by atoms with Gasteiger partial charge in [0.2, 0.25) is 0 Å². The van der Waals surface area contributed by atoms with Crippen molar-refractivity contribution in [3.8, 4) is 0 Å². The standard InChI is InChI=1S/C15H23N2O2/c1-11(18)8-17(2)9-12-6-13(10-17)14-4-3-5-15(19)16(14)7-12/h3-5,11-13,18H,6-10H2,1-2H3/q+1. The van der Waals surface area contributed by atoms with Crippen LogP contribution in [0.1, 0.15) is 25.0 Å². The van der Waals surface area contributed by atoms with Gasteiger partial charge in [-0.1, -0.05) is 6.07 Å². The summed E-state index contributed by atoms with van der Waals surface area (Å²) in [6.45, 7) is 5.63. The molecule has 0 aromatic carbocycles. The number of aromatic nitrogens is 1. The van der Waals surface area contributed by atoms with E-state index in [2.05, 4.69) is 13.1 Å². The topological polar surface area (TPSA) is 42.2 Å². The Balaban J connectivity index is 1.94. The third kappa shape index (κ3) is 2.35. The Labute approximate surface area is 113 Å². The van der Waals surface area contributed by atoms with E-state index >= 15 is 0 Å². The zero-order chi connectivity index (χ0) is 13.6. The van der Waals surface area contributed by atoms with E-state index in [0.717, 1.165) is 30.7 Å². The molecule has 0 radical (unpaired) electrons. The van der Waals surface area contributed by atoms with E-state index in [-0.39, 0.29) is 11.7 Å². The lowest BCUT2D eigenvalue weighted by molar-refractivity contribution is -0.922. The number of hydrogen-bond acceptors (Lipinski definition) is 2. The average molecular weight is 263 g/mol. The van der Waals surface area contributed by atoms with Crippen LogP contribution in [-0.2, 0) is 6.54 Å². The van der Waals surface area contributed by atoms with Gasteiger partial charge in [0.1, 0.15) is 12.6 Å². The normalized spacial score (nSPS) is 34.7. The van der Waals surface area contributed by atoms with Crippen LogP contribution in [0.25, 0.3) is 0 Å². The highest BCUT2D eigenvalue weighted by atomic mass is 16.3. The highest BCUT2D eigenvalue weighted by Crippen LogP contribution is 2.37. The smallest absolute Gasteiger partial charge is 0.250 e. The molecule has 2 aliphatic heterocycles. The molecular weight excluding hydrogens is 240 g/mol. The van der Waals surface area contributed by atoms with Crippen molar-refractivity contribution in [2.75, 3.05) is 26.7 Å². The van der Waals surface area contributed by atoms with Crippen LogP contribution in [0.4, 0.5) is 0 Å². The SMILES string of the molecule is CC(O)C[N+]1(C)CC2CC(C1)c1cccc(=O)n1C2. The van der Waals surface area contributed by atoms with Crippen molar-refractivity contribution in [1.29, 1.82) is 0 Å². The lowest BCUT2D eigenvalue weighted by Gasteiger charge is -2.48. The van der Waals surface area contributed by atoms with Crippen LogP contribution in [0.3, 0.4) is 0 Å². The molecule has 104 valence electrons. The van der Waals surface area contributed by atoms with E-state index in [1.165, 1.54) is 12.1 Å². The van der Waals surface area contributed by atoms with Gasteiger partial charge in [-0.15, -0.1) is 0 Å². The zero-order valence-corrected chi connectivity index (χ0v) is 11.7. The van der Waals surface area contributed by atoms with Crippen molar-refractivity contribution in [2.24, 2.45) is 5.92 Å². The number of quaternary nitrogens is 1. The number of hydrogen-bond donors (Lipinski definition) is 1. The Kier molecular flexibility index (Phi) is 3.02. The molecular formula is C15H23N2O2+. The highest BCUT2D eigenvalue weighted by Gasteiger charge is 2.42. The van der Waals surface area contributed by atoms with Crippen LogP contribution in [0.2, 0.25) is 0 Å². The fourth-order valence-corrected chi connectivity index (χ4v) is 4.26. The molecule has 4 unspecified atom stereocenters. The average Bonchev–Trinajstić information content (AvgIpc) is 2.28. The Morgan fingerprint density at radius 1 is 1.47 bits per heavy atom. The van der Waals surface area contributed by atoms with Crippen molar-refractivity contribution < 1.29 is 9.59 Å². The zero-order valence-electron chi connectivity index (χ0n) is 11.7. The molecule has 1 fully saturated rings. The van der Waals surface area contributed by atoms with Crippen molar-refractivity contribution in [3.63, 3.8) is 0 Å². The van der Waals surface area contributed by atoms with Gasteiger partial charge in [-0.3, -0.25) is 4.79 Å². The maximum Gasteiger partial charge on any atom is 0.250 e. The number of aliphatic hydroxyl groups is 1. The number of piperidine rings is 1. The summed E-state index contributed by atoms with van der Waals surface area (Å²) in [5, 5.41) is 9.70. The predicted octanol–water partition coefficient (Wildman–Crippen LogP) is 0.793. The molecule has 1 aromatic rings. The first-order valence-electron chi connectivity index (χ1n) is 7.18. The number of likely N-dealkylation sites (tertiary alicyclic amines) is 1. The van der Waals surface area contributed by atoms with E-state index in [9.17, 15) is 9.90 Å². The minimum Gasteiger partial charge on any atom is -0.388 e. The summed E-state index contributed by atoms with van der Waals surface area (Å²) in [4.78, 5) is 12.0. The molecule has 1 saturated heterocycles. The lowest BCUT2D eigenvalue weighted by atomic mass is 9.82. The number of nitrogens with zero attached hydrogens (tertiary/aromatic N) is 2. The summed E-state index contributed by atoms with van der Waals surface area (Å²) in [6, 6.07) is 5.64. The van der Waals surface area contributed by atoms with Crippen LogP contribution in [0, 0.1) is 5.92 Å². The summed E-state index contributed by atoms with van der Waals surface area (Å²) in [6.07, 6.45) is 0.929. The van der Waals surface area contributed by atoms with Crippen LogP contribution in [0.15, 0.2) is 23.0 Å². The molecule has 4 nitrogen and oxygen atoms in total. The summed E-state index contributed by atoms with van der Waals surface area (Å²) in [7, 11) is 2.24. The summed E-state index contributed by atoms with van der Waals surface area (Å²) < 4.78 is 2.89. The van der Waals surface area contributed by atoms with E-state index in [1.54, 1.807) is 6.07 Å². The largest absolute Gasteiger partial charge is 0.388 e. The first-order chi connectivity index (χ1) is 8.97. The number of aliphatic hydroxyl groups excluding tert-OH is 1. The van der Waals surface area contributed by atoms with Crippen LogP contribution in [-0.4, -0.2) is 46.9 Å². The van der Waals surface area contributed by atoms with Gasteiger partial charge in [0.05, 0.1) is 20.1 Å². The second-order valence-corrected chi connectivity index (χ2v) is 6.71. The van der Waals surface area contributed by atoms with Gasteiger partial charge in [0.15, 0.2) is 0 Å². The fourth-order valence-electron chi connectivity index (χ4n) is 4.26. The van der Waals surface area contributed by atoms with E-state index in [0.29, 0.717) is 11.8 Å². The van der Waals surface area contributed by atoms with Gasteiger partial charge in [-0.05, 0) is 19.4 Å². The van der Waals surface area contributed by atoms with Crippen molar-refractivity contribution in [1.82, 2.24) is 4.57 Å². The molecule has 3 heterocycles. The molecule has 3 rings (SSSR count). The minimum absolute atomic E-state index is 0.138. The molecule has 1 N–H and O–H groups in total. The summed E-state index contributed by atoms with van der Waals surface area (Å²) in [5.41, 5.74) is 1.33. The molecule has 4 heteroatoms. The molecule has 19 heavy (non-hydrogen) atoms. The maximum atomic E-state index is 12.0. The second-order valence-electron chi connectivity index (χ2n) is 6.71. The van der Waals surface area contributed by atoms with Gasteiger partial charge in [-0.2, -0.15) is 0 Å². The third-order valence-corrected chi connectivity index (χ3v) is 4.63. The third-order valence-electron chi connectivity index (χ3n) is 4.63. The Morgan fingerprint density at radius 2 is 2.26 bits per heavy atom. The first kappa shape index (κ1) is 12.9. The second kappa shape index (κ2) is 4.46. The molecule has 2 bridgehead atoms. The quantitative estimate of drug-likeness (QED) is 0.802. The number of likely N-dealkylation sites (N-methyl/N-ethyl adjacent to an activating group) is 1. The van der Waals surface area contributed by atoms with E-state index in [4.69, 9.17) is 0 Å². The van der Waals surface area contributed by atoms with Gasteiger partial charge in [0, 0.05) is 30.1 Å². The summed E-state index contributed by atoms with van der Waals surface area (Å²) >= 11 is 0. The van der Waals surface area contributed by atoms with Crippen molar-refractivity contribution in [3.05, 3.63) is 34.2 Å². The molecule has 0 saturated carbocycles. The first-order valence-corrected chi connectivity index (χ1v) is 7.18.